The molecule has 18 heavy (non-hydrogen) atoms. The zero-order chi connectivity index (χ0) is 13.2. The predicted molar refractivity (Wildman–Crippen MR) is 72.9 cm³/mol. The van der Waals surface area contributed by atoms with Crippen molar-refractivity contribution < 1.29 is 5.11 Å². The van der Waals surface area contributed by atoms with Crippen molar-refractivity contribution >= 4 is 11.6 Å². The Hall–Kier alpha value is -1.36. The van der Waals surface area contributed by atoms with Gasteiger partial charge in [0, 0.05) is 31.0 Å². The molecule has 0 amide bonds. The smallest absolute Gasteiger partial charge is 0.135 e. The summed E-state index contributed by atoms with van der Waals surface area (Å²) in [5.41, 5.74) is 0.0861. The maximum atomic E-state index is 9.29. The molecule has 0 unspecified atom stereocenters. The third kappa shape index (κ3) is 2.90. The minimum absolute atomic E-state index is 0.0861. The molecule has 2 rings (SSSR count). The van der Waals surface area contributed by atoms with Crippen LogP contribution < -0.4 is 10.6 Å². The fourth-order valence-electron chi connectivity index (χ4n) is 1.79. The molecule has 100 valence electrons. The molecule has 5 nitrogen and oxygen atoms in total. The maximum Gasteiger partial charge on any atom is 0.135 e. The molecule has 1 fully saturated rings. The summed E-state index contributed by atoms with van der Waals surface area (Å²) in [5, 5.41) is 15.7. The van der Waals surface area contributed by atoms with Crippen LogP contribution in [0.3, 0.4) is 0 Å². The van der Waals surface area contributed by atoms with Gasteiger partial charge < -0.3 is 15.7 Å². The number of nitrogens with one attached hydrogen (secondary N) is 2. The van der Waals surface area contributed by atoms with Crippen LogP contribution in [-0.2, 0) is 0 Å². The van der Waals surface area contributed by atoms with E-state index in [1.165, 1.54) is 0 Å². The van der Waals surface area contributed by atoms with E-state index in [1.807, 2.05) is 13.1 Å². The molecule has 1 aliphatic rings. The van der Waals surface area contributed by atoms with Gasteiger partial charge >= 0.3 is 0 Å². The standard InChI is InChI=1S/C13H22N4O/c1-9(2)12-16-10(14-3)6-11(17-12)15-7-13(8-18)4-5-13/h6,9,18H,4-5,7-8H2,1-3H3,(H2,14,15,16,17). The van der Waals surface area contributed by atoms with E-state index in [0.717, 1.165) is 36.8 Å². The summed E-state index contributed by atoms with van der Waals surface area (Å²) >= 11 is 0. The Labute approximate surface area is 108 Å². The number of nitrogens with zero attached hydrogens (tertiary/aromatic N) is 2. The molecule has 1 aromatic rings. The fourth-order valence-corrected chi connectivity index (χ4v) is 1.79. The molecule has 1 aliphatic carbocycles. The van der Waals surface area contributed by atoms with Crippen molar-refractivity contribution in [3.63, 3.8) is 0 Å². The molecule has 0 aromatic carbocycles. The zero-order valence-electron chi connectivity index (χ0n) is 11.3. The van der Waals surface area contributed by atoms with Crippen molar-refractivity contribution in [1.82, 2.24) is 9.97 Å². The normalized spacial score (nSPS) is 16.7. The van der Waals surface area contributed by atoms with E-state index >= 15 is 0 Å². The van der Waals surface area contributed by atoms with E-state index in [-0.39, 0.29) is 12.0 Å². The van der Waals surface area contributed by atoms with Gasteiger partial charge in [-0.05, 0) is 12.8 Å². The predicted octanol–water partition coefficient (Wildman–Crippen LogP) is 1.83. The largest absolute Gasteiger partial charge is 0.396 e. The highest BCUT2D eigenvalue weighted by Gasteiger charge is 2.41. The van der Waals surface area contributed by atoms with Crippen LogP contribution in [-0.4, -0.2) is 35.3 Å². The number of anilines is 2. The summed E-state index contributed by atoms with van der Waals surface area (Å²) in [6.07, 6.45) is 2.19. The quantitative estimate of drug-likeness (QED) is 0.718. The Morgan fingerprint density at radius 3 is 2.50 bits per heavy atom. The molecule has 1 aromatic heterocycles. The Morgan fingerprint density at radius 1 is 1.33 bits per heavy atom. The lowest BCUT2D eigenvalue weighted by Gasteiger charge is -2.15. The van der Waals surface area contributed by atoms with Crippen LogP contribution in [0.15, 0.2) is 6.07 Å². The van der Waals surface area contributed by atoms with Gasteiger partial charge in [0.1, 0.15) is 17.5 Å². The summed E-state index contributed by atoms with van der Waals surface area (Å²) in [7, 11) is 1.85. The van der Waals surface area contributed by atoms with Gasteiger partial charge in [-0.3, -0.25) is 0 Å². The van der Waals surface area contributed by atoms with Crippen LogP contribution in [0.25, 0.3) is 0 Å². The van der Waals surface area contributed by atoms with Crippen molar-refractivity contribution in [3.8, 4) is 0 Å². The Balaban J connectivity index is 2.09. The highest BCUT2D eigenvalue weighted by molar-refractivity contribution is 5.47. The molecule has 0 aliphatic heterocycles. The number of hydrogen-bond acceptors (Lipinski definition) is 5. The minimum atomic E-state index is 0.0861. The van der Waals surface area contributed by atoms with Gasteiger partial charge in [0.2, 0.25) is 0 Å². The summed E-state index contributed by atoms with van der Waals surface area (Å²) in [6.45, 7) is 5.19. The molecule has 0 radical (unpaired) electrons. The van der Waals surface area contributed by atoms with E-state index in [0.29, 0.717) is 5.92 Å². The van der Waals surface area contributed by atoms with Crippen LogP contribution in [0.2, 0.25) is 0 Å². The van der Waals surface area contributed by atoms with Crippen LogP contribution in [0, 0.1) is 5.41 Å². The van der Waals surface area contributed by atoms with E-state index < -0.39 is 0 Å². The average molecular weight is 250 g/mol. The Kier molecular flexibility index (Phi) is 3.71. The van der Waals surface area contributed by atoms with Crippen molar-refractivity contribution in [2.24, 2.45) is 5.41 Å². The van der Waals surface area contributed by atoms with Crippen molar-refractivity contribution in [2.75, 3.05) is 30.8 Å². The Bertz CT molecular complexity index is 415. The second kappa shape index (κ2) is 5.10. The maximum absolute atomic E-state index is 9.29. The minimum Gasteiger partial charge on any atom is -0.396 e. The van der Waals surface area contributed by atoms with Crippen LogP contribution in [0.4, 0.5) is 11.6 Å². The molecule has 0 saturated heterocycles. The fraction of sp³-hybridized carbons (Fsp3) is 0.692. The number of hydrogen-bond donors (Lipinski definition) is 3. The second-order valence-electron chi connectivity index (χ2n) is 5.41. The molecule has 5 heteroatoms. The molecule has 0 atom stereocenters. The first kappa shape index (κ1) is 13.1. The number of rotatable bonds is 6. The molecule has 0 bridgehead atoms. The summed E-state index contributed by atoms with van der Waals surface area (Å²) in [4.78, 5) is 8.92. The third-order valence-electron chi connectivity index (χ3n) is 3.45. The van der Waals surface area contributed by atoms with Crippen LogP contribution >= 0.6 is 0 Å². The highest BCUT2D eigenvalue weighted by atomic mass is 16.3. The van der Waals surface area contributed by atoms with E-state index in [4.69, 9.17) is 0 Å². The van der Waals surface area contributed by atoms with Crippen LogP contribution in [0.1, 0.15) is 38.4 Å². The molecular formula is C13H22N4O. The summed E-state index contributed by atoms with van der Waals surface area (Å²) in [6, 6.07) is 1.90. The Morgan fingerprint density at radius 2 is 2.00 bits per heavy atom. The first-order valence-electron chi connectivity index (χ1n) is 6.50. The summed E-state index contributed by atoms with van der Waals surface area (Å²) in [5.74, 6) is 2.78. The van der Waals surface area contributed by atoms with Gasteiger partial charge in [-0.1, -0.05) is 13.8 Å². The van der Waals surface area contributed by atoms with Crippen molar-refractivity contribution in [2.45, 2.75) is 32.6 Å². The SMILES string of the molecule is CNc1cc(NCC2(CO)CC2)nc(C(C)C)n1. The number of aromatic nitrogens is 2. The number of aliphatic hydroxyl groups is 1. The first-order valence-corrected chi connectivity index (χ1v) is 6.50. The van der Waals surface area contributed by atoms with Gasteiger partial charge in [0.15, 0.2) is 0 Å². The number of aliphatic hydroxyl groups excluding tert-OH is 1. The van der Waals surface area contributed by atoms with Gasteiger partial charge in [-0.15, -0.1) is 0 Å². The molecule has 1 saturated carbocycles. The van der Waals surface area contributed by atoms with E-state index in [9.17, 15) is 5.11 Å². The average Bonchev–Trinajstić information content (AvgIpc) is 3.16. The van der Waals surface area contributed by atoms with Gasteiger partial charge in [0.25, 0.3) is 0 Å². The second-order valence-corrected chi connectivity index (χ2v) is 5.41. The van der Waals surface area contributed by atoms with Crippen molar-refractivity contribution in [3.05, 3.63) is 11.9 Å². The van der Waals surface area contributed by atoms with E-state index in [1.54, 1.807) is 0 Å². The third-order valence-corrected chi connectivity index (χ3v) is 3.45. The van der Waals surface area contributed by atoms with Gasteiger partial charge in [-0.2, -0.15) is 0 Å². The molecule has 0 spiro atoms. The lowest BCUT2D eigenvalue weighted by molar-refractivity contribution is 0.219. The molecular weight excluding hydrogens is 228 g/mol. The lowest BCUT2D eigenvalue weighted by atomic mass is 10.1. The van der Waals surface area contributed by atoms with Crippen LogP contribution in [0.5, 0.6) is 0 Å². The summed E-state index contributed by atoms with van der Waals surface area (Å²) < 4.78 is 0. The molecule has 3 N–H and O–H groups in total. The van der Waals surface area contributed by atoms with Gasteiger partial charge in [-0.25, -0.2) is 9.97 Å². The first-order chi connectivity index (χ1) is 8.58. The van der Waals surface area contributed by atoms with E-state index in [2.05, 4.69) is 34.4 Å². The zero-order valence-corrected chi connectivity index (χ0v) is 11.3. The monoisotopic (exact) mass is 250 g/mol. The van der Waals surface area contributed by atoms with Gasteiger partial charge in [0.05, 0.1) is 6.61 Å². The topological polar surface area (TPSA) is 70.1 Å². The molecule has 1 heterocycles. The highest BCUT2D eigenvalue weighted by Crippen LogP contribution is 2.44. The lowest BCUT2D eigenvalue weighted by Crippen LogP contribution is -2.20. The van der Waals surface area contributed by atoms with Crippen molar-refractivity contribution in [1.29, 1.82) is 0 Å².